The van der Waals surface area contributed by atoms with Crippen molar-refractivity contribution in [1.29, 1.82) is 5.26 Å². The van der Waals surface area contributed by atoms with Crippen molar-refractivity contribution in [3.05, 3.63) is 28.2 Å². The number of carbonyl (C=O) groups excluding carboxylic acids is 2. The lowest BCUT2D eigenvalue weighted by Crippen LogP contribution is -2.35. The fraction of sp³-hybridized carbons (Fsp3) is 0.100. The van der Waals surface area contributed by atoms with Gasteiger partial charge in [0.1, 0.15) is 6.54 Å². The van der Waals surface area contributed by atoms with Crippen molar-refractivity contribution in [2.45, 2.75) is 0 Å². The first-order valence-electron chi connectivity index (χ1n) is 4.45. The third-order valence-electron chi connectivity index (χ3n) is 1.71. The summed E-state index contributed by atoms with van der Waals surface area (Å²) >= 11 is 11.5. The monoisotopic (exact) mass is 271 g/mol. The van der Waals surface area contributed by atoms with Crippen LogP contribution in [0.25, 0.3) is 0 Å². The molecule has 0 spiro atoms. The first-order chi connectivity index (χ1) is 8.04. The molecule has 0 radical (unpaired) electrons. The second-order valence-corrected chi connectivity index (χ2v) is 3.76. The van der Waals surface area contributed by atoms with E-state index in [2.05, 4.69) is 10.6 Å². The first-order valence-corrected chi connectivity index (χ1v) is 5.21. The fourth-order valence-corrected chi connectivity index (χ4v) is 1.43. The number of hydrogen-bond donors (Lipinski definition) is 2. The summed E-state index contributed by atoms with van der Waals surface area (Å²) in [5.74, 6) is -1.80. The van der Waals surface area contributed by atoms with Gasteiger partial charge >= 0.3 is 11.8 Å². The number of nitriles is 1. The second-order valence-electron chi connectivity index (χ2n) is 2.92. The van der Waals surface area contributed by atoms with E-state index in [9.17, 15) is 9.59 Å². The van der Waals surface area contributed by atoms with Gasteiger partial charge in [-0.3, -0.25) is 9.59 Å². The minimum Gasteiger partial charge on any atom is -0.335 e. The maximum Gasteiger partial charge on any atom is 0.313 e. The second kappa shape index (κ2) is 6.09. The van der Waals surface area contributed by atoms with Crippen LogP contribution in [0.1, 0.15) is 0 Å². The van der Waals surface area contributed by atoms with Gasteiger partial charge in [-0.2, -0.15) is 5.26 Å². The Balaban J connectivity index is 2.68. The van der Waals surface area contributed by atoms with Crippen LogP contribution in [0, 0.1) is 11.3 Å². The summed E-state index contributed by atoms with van der Waals surface area (Å²) in [6.45, 7) is -0.236. The number of nitrogens with zero attached hydrogens (tertiary/aromatic N) is 1. The van der Waals surface area contributed by atoms with Crippen molar-refractivity contribution in [2.24, 2.45) is 0 Å². The lowest BCUT2D eigenvalue weighted by atomic mass is 10.3. The molecule has 17 heavy (non-hydrogen) atoms. The van der Waals surface area contributed by atoms with Gasteiger partial charge < -0.3 is 10.6 Å². The smallest absolute Gasteiger partial charge is 0.313 e. The van der Waals surface area contributed by atoms with Crippen molar-refractivity contribution >= 4 is 40.7 Å². The average molecular weight is 272 g/mol. The van der Waals surface area contributed by atoms with E-state index in [0.29, 0.717) is 5.02 Å². The largest absolute Gasteiger partial charge is 0.335 e. The molecule has 2 N–H and O–H groups in total. The zero-order chi connectivity index (χ0) is 12.8. The Morgan fingerprint density at radius 1 is 1.29 bits per heavy atom. The molecule has 5 nitrogen and oxygen atoms in total. The molecule has 0 aliphatic carbocycles. The van der Waals surface area contributed by atoms with Crippen LogP contribution in [0.15, 0.2) is 18.2 Å². The number of benzene rings is 1. The predicted octanol–water partition coefficient (Wildman–Crippen LogP) is 1.57. The van der Waals surface area contributed by atoms with Crippen LogP contribution in [0.3, 0.4) is 0 Å². The maximum absolute atomic E-state index is 11.3. The highest BCUT2D eigenvalue weighted by atomic mass is 35.5. The van der Waals surface area contributed by atoms with Crippen LogP contribution >= 0.6 is 23.2 Å². The van der Waals surface area contributed by atoms with Crippen molar-refractivity contribution in [3.8, 4) is 6.07 Å². The summed E-state index contributed by atoms with van der Waals surface area (Å²) in [5.41, 5.74) is 0.271. The molecule has 88 valence electrons. The third kappa shape index (κ3) is 3.94. The van der Waals surface area contributed by atoms with E-state index in [4.69, 9.17) is 28.5 Å². The van der Waals surface area contributed by atoms with E-state index in [0.717, 1.165) is 0 Å². The normalized spacial score (nSPS) is 9.24. The number of nitrogens with one attached hydrogen (secondary N) is 2. The van der Waals surface area contributed by atoms with Gasteiger partial charge in [0, 0.05) is 5.02 Å². The number of rotatable bonds is 2. The molecule has 0 bridgehead atoms. The van der Waals surface area contributed by atoms with Crippen molar-refractivity contribution in [1.82, 2.24) is 5.32 Å². The molecule has 0 heterocycles. The highest BCUT2D eigenvalue weighted by Crippen LogP contribution is 2.25. The van der Waals surface area contributed by atoms with E-state index < -0.39 is 11.8 Å². The SMILES string of the molecule is N#CCNC(=O)C(=O)Nc1ccc(Cl)cc1Cl. The standard InChI is InChI=1S/C10H7Cl2N3O2/c11-6-1-2-8(7(12)5-6)15-10(17)9(16)14-4-3-13/h1-2,5H,4H2,(H,14,16)(H,15,17). The molecule has 0 saturated heterocycles. The van der Waals surface area contributed by atoms with Gasteiger partial charge in [-0.05, 0) is 18.2 Å². The first kappa shape index (κ1) is 13.3. The molecule has 0 aliphatic rings. The van der Waals surface area contributed by atoms with E-state index >= 15 is 0 Å². The van der Waals surface area contributed by atoms with Gasteiger partial charge in [-0.1, -0.05) is 23.2 Å². The van der Waals surface area contributed by atoms with E-state index in [1.807, 2.05) is 0 Å². The molecule has 0 unspecified atom stereocenters. The number of amides is 2. The molecule has 0 aromatic heterocycles. The van der Waals surface area contributed by atoms with E-state index in [1.54, 1.807) is 6.07 Å². The molecular formula is C10H7Cl2N3O2. The molecule has 1 rings (SSSR count). The van der Waals surface area contributed by atoms with Gasteiger partial charge in [0.15, 0.2) is 0 Å². The van der Waals surface area contributed by atoms with Crippen molar-refractivity contribution < 1.29 is 9.59 Å². The van der Waals surface area contributed by atoms with Crippen LogP contribution in [0.5, 0.6) is 0 Å². The minimum atomic E-state index is -0.905. The highest BCUT2D eigenvalue weighted by Gasteiger charge is 2.14. The third-order valence-corrected chi connectivity index (χ3v) is 2.26. The minimum absolute atomic E-state index is 0.221. The molecule has 0 aliphatic heterocycles. The van der Waals surface area contributed by atoms with Gasteiger partial charge in [-0.25, -0.2) is 0 Å². The topological polar surface area (TPSA) is 82.0 Å². The summed E-state index contributed by atoms with van der Waals surface area (Å²) in [5, 5.41) is 13.3. The molecule has 1 aromatic rings. The van der Waals surface area contributed by atoms with Crippen molar-refractivity contribution in [2.75, 3.05) is 11.9 Å². The molecule has 1 aromatic carbocycles. The Hall–Kier alpha value is -1.77. The van der Waals surface area contributed by atoms with E-state index in [-0.39, 0.29) is 17.3 Å². The van der Waals surface area contributed by atoms with Crippen LogP contribution in [0.4, 0.5) is 5.69 Å². The van der Waals surface area contributed by atoms with Gasteiger partial charge in [0.05, 0.1) is 16.8 Å². The van der Waals surface area contributed by atoms with E-state index in [1.165, 1.54) is 18.2 Å². The fourth-order valence-electron chi connectivity index (χ4n) is 0.970. The Morgan fingerprint density at radius 3 is 2.59 bits per heavy atom. The molecule has 0 fully saturated rings. The number of halogens is 2. The van der Waals surface area contributed by atoms with Crippen molar-refractivity contribution in [3.63, 3.8) is 0 Å². The zero-order valence-electron chi connectivity index (χ0n) is 8.46. The molecule has 0 atom stereocenters. The summed E-state index contributed by atoms with van der Waals surface area (Å²) in [7, 11) is 0. The highest BCUT2D eigenvalue weighted by molar-refractivity contribution is 6.42. The number of hydrogen-bond acceptors (Lipinski definition) is 3. The summed E-state index contributed by atoms with van der Waals surface area (Å²) in [6.07, 6.45) is 0. The van der Waals surface area contributed by atoms with Gasteiger partial charge in [-0.15, -0.1) is 0 Å². The van der Waals surface area contributed by atoms with Crippen LogP contribution in [-0.2, 0) is 9.59 Å². The Kier molecular flexibility index (Phi) is 4.76. The molecular weight excluding hydrogens is 265 g/mol. The average Bonchev–Trinajstić information content (AvgIpc) is 2.29. The van der Waals surface area contributed by atoms with Gasteiger partial charge in [0.2, 0.25) is 0 Å². The Labute approximate surface area is 107 Å². The summed E-state index contributed by atoms with van der Waals surface area (Å²) in [6, 6.07) is 6.11. The Bertz CT molecular complexity index is 497. The van der Waals surface area contributed by atoms with Crippen LogP contribution < -0.4 is 10.6 Å². The lowest BCUT2D eigenvalue weighted by molar-refractivity contribution is -0.136. The predicted molar refractivity (Wildman–Crippen MR) is 63.7 cm³/mol. The zero-order valence-corrected chi connectivity index (χ0v) is 9.97. The van der Waals surface area contributed by atoms with Crippen LogP contribution in [0.2, 0.25) is 10.0 Å². The lowest BCUT2D eigenvalue weighted by Gasteiger charge is -2.06. The number of carbonyl (C=O) groups is 2. The quantitative estimate of drug-likeness (QED) is 0.633. The van der Waals surface area contributed by atoms with Gasteiger partial charge in [0.25, 0.3) is 0 Å². The molecule has 7 heteroatoms. The molecule has 0 saturated carbocycles. The number of anilines is 1. The maximum atomic E-state index is 11.3. The van der Waals surface area contributed by atoms with Crippen LogP contribution in [-0.4, -0.2) is 18.4 Å². The molecule has 2 amide bonds. The summed E-state index contributed by atoms with van der Waals surface area (Å²) < 4.78 is 0. The Morgan fingerprint density at radius 2 is 2.00 bits per heavy atom. The summed E-state index contributed by atoms with van der Waals surface area (Å²) in [4.78, 5) is 22.5.